The number of nitrogens with zero attached hydrogens (tertiary/aromatic N) is 3. The van der Waals surface area contributed by atoms with E-state index in [0.717, 1.165) is 11.8 Å². The van der Waals surface area contributed by atoms with E-state index < -0.39 is 53.3 Å². The van der Waals surface area contributed by atoms with Crippen LogP contribution in [0.25, 0.3) is 0 Å². The molecule has 1 fully saturated rings. The predicted molar refractivity (Wildman–Crippen MR) is 146 cm³/mol. The monoisotopic (exact) mass is 604 g/mol. The number of phenolic OH excluding ortho intramolecular Hbond substituents is 1. The number of fused-ring (bicyclic) bond motifs is 1. The molecule has 2 aromatic rings. The first-order chi connectivity index (χ1) is 19.4. The number of rotatable bonds is 10. The second-order valence-corrected chi connectivity index (χ2v) is 12.1. The number of aromatic nitrogens is 3. The van der Waals surface area contributed by atoms with E-state index >= 15 is 0 Å². The predicted octanol–water partition coefficient (Wildman–Crippen LogP) is 0.688. The number of H-pyrrole nitrogens is 1. The zero-order chi connectivity index (χ0) is 29.9. The summed E-state index contributed by atoms with van der Waals surface area (Å²) in [5.74, 6) is -2.93. The van der Waals surface area contributed by atoms with Crippen LogP contribution in [0.15, 0.2) is 40.7 Å². The van der Waals surface area contributed by atoms with Gasteiger partial charge in [0.1, 0.15) is 22.9 Å². The molecule has 0 bridgehead atoms. The lowest BCUT2D eigenvalue weighted by Crippen LogP contribution is -2.70. The number of carbonyl (C=O) groups is 5. The van der Waals surface area contributed by atoms with E-state index in [-0.39, 0.29) is 34.6 Å². The number of primary amides is 1. The van der Waals surface area contributed by atoms with Gasteiger partial charge in [-0.1, -0.05) is 30.0 Å². The van der Waals surface area contributed by atoms with Gasteiger partial charge in [-0.3, -0.25) is 29.2 Å². The summed E-state index contributed by atoms with van der Waals surface area (Å²) in [5, 5.41) is 18.6. The number of esters is 2. The number of ether oxygens (including phenoxy) is 2. The number of benzene rings is 1. The smallest absolute Gasteiger partial charge is 0.357 e. The van der Waals surface area contributed by atoms with Crippen LogP contribution < -0.4 is 11.1 Å². The Bertz CT molecular complexity index is 1420. The van der Waals surface area contributed by atoms with Gasteiger partial charge < -0.3 is 25.6 Å². The molecule has 1 aromatic carbocycles. The summed E-state index contributed by atoms with van der Waals surface area (Å²) in [4.78, 5) is 67.7. The number of nitrogens with one attached hydrogen (secondary N) is 2. The number of aromatic hydroxyl groups is 1. The molecular formula is C25H28N6O8S2. The third-order valence-corrected chi connectivity index (χ3v) is 8.24. The zero-order valence-electron chi connectivity index (χ0n) is 22.3. The normalized spacial score (nSPS) is 18.3. The highest BCUT2D eigenvalue weighted by Crippen LogP contribution is 2.42. The third-order valence-electron chi connectivity index (χ3n) is 5.97. The Morgan fingerprint density at radius 2 is 1.98 bits per heavy atom. The lowest BCUT2D eigenvalue weighted by molar-refractivity contribution is -0.173. The number of phenols is 1. The van der Waals surface area contributed by atoms with Gasteiger partial charge in [-0.2, -0.15) is 4.98 Å². The van der Waals surface area contributed by atoms with Crippen molar-refractivity contribution >= 4 is 53.2 Å². The van der Waals surface area contributed by atoms with Crippen LogP contribution in [0.4, 0.5) is 0 Å². The number of hydrogen-bond acceptors (Lipinski definition) is 12. The van der Waals surface area contributed by atoms with Crippen molar-refractivity contribution in [3.63, 3.8) is 0 Å². The Hall–Kier alpha value is -4.05. The number of carbonyl (C=O) groups excluding carboxylic acids is 5. The summed E-state index contributed by atoms with van der Waals surface area (Å²) in [7, 11) is 0. The van der Waals surface area contributed by atoms with Gasteiger partial charge in [-0.15, -0.1) is 16.9 Å². The highest BCUT2D eigenvalue weighted by atomic mass is 32.2. The van der Waals surface area contributed by atoms with Crippen molar-refractivity contribution in [2.75, 3.05) is 18.3 Å². The number of para-hydroxylation sites is 1. The molecule has 1 aromatic heterocycles. The molecule has 4 rings (SSSR count). The zero-order valence-corrected chi connectivity index (χ0v) is 24.0. The molecule has 1 unspecified atom stereocenters. The molecule has 2 aliphatic rings. The number of aromatic amines is 1. The van der Waals surface area contributed by atoms with Gasteiger partial charge in [0.15, 0.2) is 0 Å². The number of β-lactam (4-membered cyclic amide) rings is 1. The Labute approximate surface area is 242 Å². The first kappa shape index (κ1) is 29.9. The molecule has 2 atom stereocenters. The lowest BCUT2D eigenvalue weighted by atomic mass is 9.98. The summed E-state index contributed by atoms with van der Waals surface area (Å²) < 4.78 is 10.2. The lowest BCUT2D eigenvalue weighted by Gasteiger charge is -2.49. The number of nitrogens with two attached hydrogens (primary N) is 1. The fourth-order valence-electron chi connectivity index (χ4n) is 3.83. The van der Waals surface area contributed by atoms with Crippen LogP contribution in [-0.2, 0) is 35.1 Å². The molecule has 16 heteroatoms. The maximum atomic E-state index is 13.2. The van der Waals surface area contributed by atoms with Gasteiger partial charge in [0.2, 0.25) is 23.7 Å². The standard InChI is InChI=1S/C25H28N6O8S2/c1-25(2,3)23(37)39-11-38-22(36)17-13(10-41-24-28-19(18(26)34)29-30-24)9-40-21-16(20(35)31(17)21)27-15(33)8-12-6-4-5-7-14(12)32/h4-7,16,21,32H,8-11H2,1-3H3,(H2,26,34)(H,27,33)(H,28,29,30)/t16?,21-/m1/s1. The maximum Gasteiger partial charge on any atom is 0.357 e. The van der Waals surface area contributed by atoms with Crippen LogP contribution in [0.2, 0.25) is 0 Å². The van der Waals surface area contributed by atoms with E-state index in [4.69, 9.17) is 15.2 Å². The van der Waals surface area contributed by atoms with Crippen molar-refractivity contribution in [3.05, 3.63) is 46.9 Å². The van der Waals surface area contributed by atoms with E-state index in [1.165, 1.54) is 22.7 Å². The molecular weight excluding hydrogens is 576 g/mol. The van der Waals surface area contributed by atoms with Crippen molar-refractivity contribution in [2.45, 2.75) is 43.8 Å². The molecule has 0 saturated carbocycles. The van der Waals surface area contributed by atoms with Crippen LogP contribution in [-0.4, -0.2) is 84.6 Å². The van der Waals surface area contributed by atoms with Crippen molar-refractivity contribution in [3.8, 4) is 5.75 Å². The van der Waals surface area contributed by atoms with Gasteiger partial charge in [0.05, 0.1) is 11.8 Å². The number of thioether (sulfide) groups is 2. The van der Waals surface area contributed by atoms with E-state index in [2.05, 4.69) is 20.5 Å². The molecule has 218 valence electrons. The highest BCUT2D eigenvalue weighted by Gasteiger charge is 2.54. The molecule has 3 amide bonds. The van der Waals surface area contributed by atoms with Crippen molar-refractivity contribution in [1.82, 2.24) is 25.4 Å². The fraction of sp³-hybridized carbons (Fsp3) is 0.400. The SMILES string of the molecule is CC(C)(C)C(=O)OCOC(=O)C1=C(CSc2n[nH]c(C(N)=O)n2)CS[C@@H]2C(NC(=O)Cc3ccccc3O)C(=O)N12. The van der Waals surface area contributed by atoms with E-state index in [1.807, 2.05) is 0 Å². The Balaban J connectivity index is 1.48. The molecule has 41 heavy (non-hydrogen) atoms. The molecule has 0 spiro atoms. The Morgan fingerprint density at radius 1 is 1.24 bits per heavy atom. The molecule has 0 aliphatic carbocycles. The number of amides is 3. The fourth-order valence-corrected chi connectivity index (χ4v) is 6.12. The minimum atomic E-state index is -0.903. The van der Waals surface area contributed by atoms with E-state index in [0.29, 0.717) is 16.9 Å². The van der Waals surface area contributed by atoms with Crippen LogP contribution in [0.3, 0.4) is 0 Å². The summed E-state index contributed by atoms with van der Waals surface area (Å²) in [6, 6.07) is 5.48. The van der Waals surface area contributed by atoms with Gasteiger partial charge >= 0.3 is 11.9 Å². The van der Waals surface area contributed by atoms with Crippen LogP contribution in [0.1, 0.15) is 37.0 Å². The average molecular weight is 605 g/mol. The summed E-state index contributed by atoms with van der Waals surface area (Å²) in [6.07, 6.45) is -0.135. The van der Waals surface area contributed by atoms with Gasteiger partial charge in [0.25, 0.3) is 11.8 Å². The minimum absolute atomic E-state index is 0.0325. The van der Waals surface area contributed by atoms with Crippen LogP contribution in [0, 0.1) is 5.41 Å². The molecule has 3 heterocycles. The topological polar surface area (TPSA) is 207 Å². The van der Waals surface area contributed by atoms with Gasteiger partial charge in [-0.25, -0.2) is 4.79 Å². The second kappa shape index (κ2) is 12.2. The summed E-state index contributed by atoms with van der Waals surface area (Å²) >= 11 is 2.44. The largest absolute Gasteiger partial charge is 0.508 e. The van der Waals surface area contributed by atoms with Crippen molar-refractivity contribution in [1.29, 1.82) is 0 Å². The van der Waals surface area contributed by atoms with Crippen molar-refractivity contribution in [2.24, 2.45) is 11.1 Å². The highest BCUT2D eigenvalue weighted by molar-refractivity contribution is 8.01. The minimum Gasteiger partial charge on any atom is -0.508 e. The first-order valence-electron chi connectivity index (χ1n) is 12.3. The van der Waals surface area contributed by atoms with Gasteiger partial charge in [-0.05, 0) is 32.4 Å². The first-order valence-corrected chi connectivity index (χ1v) is 14.3. The van der Waals surface area contributed by atoms with Crippen LogP contribution in [0.5, 0.6) is 5.75 Å². The maximum absolute atomic E-state index is 13.2. The quantitative estimate of drug-likeness (QED) is 0.128. The second-order valence-electron chi connectivity index (χ2n) is 10.1. The van der Waals surface area contributed by atoms with Crippen LogP contribution >= 0.6 is 23.5 Å². The molecule has 1 saturated heterocycles. The van der Waals surface area contributed by atoms with Gasteiger partial charge in [0, 0.05) is 17.1 Å². The third kappa shape index (κ3) is 6.82. The summed E-state index contributed by atoms with van der Waals surface area (Å²) in [5.41, 5.74) is 5.28. The summed E-state index contributed by atoms with van der Waals surface area (Å²) in [6.45, 7) is 4.30. The van der Waals surface area contributed by atoms with Crippen molar-refractivity contribution < 1.29 is 38.6 Å². The molecule has 5 N–H and O–H groups in total. The Morgan fingerprint density at radius 3 is 2.63 bits per heavy atom. The molecule has 2 aliphatic heterocycles. The molecule has 14 nitrogen and oxygen atoms in total. The van der Waals surface area contributed by atoms with E-state index in [9.17, 15) is 29.1 Å². The number of hydrogen-bond donors (Lipinski definition) is 4. The molecule has 0 radical (unpaired) electrons. The average Bonchev–Trinajstić information content (AvgIpc) is 3.40. The van der Waals surface area contributed by atoms with E-state index in [1.54, 1.807) is 39.0 Å². The Kier molecular flexibility index (Phi) is 8.92.